The molecule has 0 unspecified atom stereocenters. The van der Waals surface area contributed by atoms with Gasteiger partial charge in [-0.1, -0.05) is 42.0 Å². The van der Waals surface area contributed by atoms with E-state index in [0.717, 1.165) is 5.56 Å². The van der Waals surface area contributed by atoms with E-state index in [4.69, 9.17) is 0 Å². The minimum Gasteiger partial charge on any atom is -0.340 e. The summed E-state index contributed by atoms with van der Waals surface area (Å²) in [7, 11) is -3.74. The lowest BCUT2D eigenvalue weighted by Crippen LogP contribution is -2.50. The van der Waals surface area contributed by atoms with Gasteiger partial charge in [0, 0.05) is 32.6 Å². The van der Waals surface area contributed by atoms with E-state index in [1.54, 1.807) is 17.0 Å². The summed E-state index contributed by atoms with van der Waals surface area (Å²) in [5.41, 5.74) is 2.43. The van der Waals surface area contributed by atoms with Gasteiger partial charge < -0.3 is 4.90 Å². The molecule has 1 heterocycles. The second kappa shape index (κ2) is 8.55. The molecule has 0 radical (unpaired) electrons. The van der Waals surface area contributed by atoms with Gasteiger partial charge in [-0.05, 0) is 31.0 Å². The maximum absolute atomic E-state index is 12.9. The highest BCUT2D eigenvalue weighted by molar-refractivity contribution is 7.89. The number of benzene rings is 2. The van der Waals surface area contributed by atoms with Crippen LogP contribution in [-0.2, 0) is 21.2 Å². The number of hydrogen-bond acceptors (Lipinski definition) is 4. The van der Waals surface area contributed by atoms with Crippen LogP contribution < -0.4 is 0 Å². The molecule has 0 aliphatic carbocycles. The van der Waals surface area contributed by atoms with Gasteiger partial charge in [-0.2, -0.15) is 9.57 Å². The van der Waals surface area contributed by atoms with Crippen molar-refractivity contribution in [3.8, 4) is 6.07 Å². The van der Waals surface area contributed by atoms with Crippen LogP contribution in [0, 0.1) is 18.3 Å². The third-order valence-corrected chi connectivity index (χ3v) is 6.88. The summed E-state index contributed by atoms with van der Waals surface area (Å²) in [6, 6.07) is 16.2. The third-order valence-electron chi connectivity index (χ3n) is 4.93. The molecule has 1 amide bonds. The molecule has 0 atom stereocenters. The molecule has 1 saturated heterocycles. The second-order valence-corrected chi connectivity index (χ2v) is 8.79. The third kappa shape index (κ3) is 4.41. The zero-order valence-electron chi connectivity index (χ0n) is 15.8. The lowest BCUT2D eigenvalue weighted by Gasteiger charge is -2.34. The van der Waals surface area contributed by atoms with Crippen LogP contribution in [0.5, 0.6) is 0 Å². The number of rotatable bonds is 5. The van der Waals surface area contributed by atoms with E-state index < -0.39 is 10.0 Å². The summed E-state index contributed by atoms with van der Waals surface area (Å²) in [6.07, 6.45) is 1.09. The van der Waals surface area contributed by atoms with Crippen molar-refractivity contribution >= 4 is 15.9 Å². The largest absolute Gasteiger partial charge is 0.340 e. The number of carbonyl (C=O) groups excluding carboxylic acids is 1. The molecule has 3 rings (SSSR count). The van der Waals surface area contributed by atoms with E-state index in [9.17, 15) is 18.5 Å². The number of piperazine rings is 1. The Morgan fingerprint density at radius 3 is 2.46 bits per heavy atom. The van der Waals surface area contributed by atoms with Crippen LogP contribution in [0.2, 0.25) is 0 Å². The van der Waals surface area contributed by atoms with Gasteiger partial charge in [-0.3, -0.25) is 4.79 Å². The topological polar surface area (TPSA) is 81.5 Å². The van der Waals surface area contributed by atoms with Crippen molar-refractivity contribution in [1.29, 1.82) is 5.26 Å². The van der Waals surface area contributed by atoms with Gasteiger partial charge in [0.1, 0.15) is 6.07 Å². The average molecular weight is 398 g/mol. The molecule has 0 spiro atoms. The molecule has 1 aliphatic heterocycles. The van der Waals surface area contributed by atoms with Gasteiger partial charge in [0.25, 0.3) is 0 Å². The smallest absolute Gasteiger partial charge is 0.244 e. The van der Waals surface area contributed by atoms with Gasteiger partial charge >= 0.3 is 0 Å². The predicted molar refractivity (Wildman–Crippen MR) is 106 cm³/mol. The Morgan fingerprint density at radius 2 is 1.79 bits per heavy atom. The molecule has 2 aromatic rings. The lowest BCUT2D eigenvalue weighted by atomic mass is 10.1. The Hall–Kier alpha value is -2.69. The van der Waals surface area contributed by atoms with Crippen molar-refractivity contribution in [3.05, 3.63) is 65.2 Å². The normalized spacial score (nSPS) is 15.2. The number of hydrogen-bond donors (Lipinski definition) is 0. The maximum atomic E-state index is 12.9. The van der Waals surface area contributed by atoms with Crippen LogP contribution in [-0.4, -0.2) is 49.7 Å². The van der Waals surface area contributed by atoms with Crippen molar-refractivity contribution in [3.63, 3.8) is 0 Å². The number of nitrogens with zero attached hydrogens (tertiary/aromatic N) is 3. The molecule has 0 aromatic heterocycles. The molecule has 0 saturated carbocycles. The number of amides is 1. The number of sulfonamides is 1. The van der Waals surface area contributed by atoms with Crippen molar-refractivity contribution in [2.75, 3.05) is 26.2 Å². The first-order valence-corrected chi connectivity index (χ1v) is 10.7. The van der Waals surface area contributed by atoms with E-state index in [0.29, 0.717) is 25.9 Å². The summed E-state index contributed by atoms with van der Waals surface area (Å²) in [5, 5.41) is 9.18. The molecular weight excluding hydrogens is 374 g/mol. The Labute approximate surface area is 166 Å². The van der Waals surface area contributed by atoms with Gasteiger partial charge in [0.05, 0.1) is 10.5 Å². The molecule has 6 nitrogen and oxygen atoms in total. The minimum absolute atomic E-state index is 0.0247. The maximum Gasteiger partial charge on any atom is 0.244 e. The van der Waals surface area contributed by atoms with E-state index >= 15 is 0 Å². The Kier molecular flexibility index (Phi) is 6.12. The van der Waals surface area contributed by atoms with E-state index in [-0.39, 0.29) is 29.5 Å². The van der Waals surface area contributed by atoms with Crippen LogP contribution in [0.1, 0.15) is 23.1 Å². The Balaban J connectivity index is 1.59. The molecule has 1 fully saturated rings. The summed E-state index contributed by atoms with van der Waals surface area (Å²) in [5.74, 6) is 0.0379. The highest BCUT2D eigenvalue weighted by atomic mass is 32.2. The molecule has 28 heavy (non-hydrogen) atoms. The average Bonchev–Trinajstić information content (AvgIpc) is 2.72. The fourth-order valence-electron chi connectivity index (χ4n) is 3.38. The first-order chi connectivity index (χ1) is 13.4. The zero-order valence-corrected chi connectivity index (χ0v) is 16.7. The van der Waals surface area contributed by atoms with Gasteiger partial charge in [-0.25, -0.2) is 8.42 Å². The predicted octanol–water partition coefficient (Wildman–Crippen LogP) is 2.33. The van der Waals surface area contributed by atoms with Crippen LogP contribution in [0.15, 0.2) is 53.4 Å². The van der Waals surface area contributed by atoms with Crippen molar-refractivity contribution in [1.82, 2.24) is 9.21 Å². The van der Waals surface area contributed by atoms with Crippen LogP contribution in [0.25, 0.3) is 0 Å². The fourth-order valence-corrected chi connectivity index (χ4v) is 4.94. The van der Waals surface area contributed by atoms with Crippen molar-refractivity contribution < 1.29 is 13.2 Å². The summed E-state index contributed by atoms with van der Waals surface area (Å²) < 4.78 is 27.1. The van der Waals surface area contributed by atoms with Crippen LogP contribution >= 0.6 is 0 Å². The van der Waals surface area contributed by atoms with Crippen molar-refractivity contribution in [2.45, 2.75) is 24.7 Å². The molecule has 146 valence electrons. The standard InChI is InChI=1S/C21H23N3O3S/c1-17-5-4-6-18(15-17)9-10-21(25)23-11-13-24(14-12-23)28(26,27)20-8-3-2-7-19(20)16-22/h2-8,15H,9-14H2,1H3. The van der Waals surface area contributed by atoms with Gasteiger partial charge in [0.15, 0.2) is 0 Å². The first kappa shape index (κ1) is 20.1. The van der Waals surface area contributed by atoms with E-state index in [2.05, 4.69) is 6.07 Å². The van der Waals surface area contributed by atoms with E-state index in [1.165, 1.54) is 22.0 Å². The van der Waals surface area contributed by atoms with Crippen LogP contribution in [0.3, 0.4) is 0 Å². The molecular formula is C21H23N3O3S. The van der Waals surface area contributed by atoms with Crippen molar-refractivity contribution in [2.24, 2.45) is 0 Å². The molecule has 2 aromatic carbocycles. The second-order valence-electron chi connectivity index (χ2n) is 6.88. The van der Waals surface area contributed by atoms with Gasteiger partial charge in [0.2, 0.25) is 15.9 Å². The monoisotopic (exact) mass is 397 g/mol. The first-order valence-electron chi connectivity index (χ1n) is 9.24. The SMILES string of the molecule is Cc1cccc(CCC(=O)N2CCN(S(=O)(=O)c3ccccc3C#N)CC2)c1. The number of aryl methyl sites for hydroxylation is 2. The Morgan fingerprint density at radius 1 is 1.07 bits per heavy atom. The molecule has 1 aliphatic rings. The summed E-state index contributed by atoms with van der Waals surface area (Å²) in [4.78, 5) is 14.2. The molecule has 0 bridgehead atoms. The van der Waals surface area contributed by atoms with Gasteiger partial charge in [-0.15, -0.1) is 0 Å². The Bertz CT molecular complexity index is 1000. The highest BCUT2D eigenvalue weighted by Crippen LogP contribution is 2.21. The molecule has 0 N–H and O–H groups in total. The van der Waals surface area contributed by atoms with E-state index in [1.807, 2.05) is 31.2 Å². The lowest BCUT2D eigenvalue weighted by molar-refractivity contribution is -0.132. The quantitative estimate of drug-likeness (QED) is 0.775. The number of nitriles is 1. The van der Waals surface area contributed by atoms with Crippen LogP contribution in [0.4, 0.5) is 0 Å². The molecule has 7 heteroatoms. The summed E-state index contributed by atoms with van der Waals surface area (Å²) >= 11 is 0. The highest BCUT2D eigenvalue weighted by Gasteiger charge is 2.31. The number of carbonyl (C=O) groups is 1. The summed E-state index contributed by atoms with van der Waals surface area (Å²) in [6.45, 7) is 3.22. The fraction of sp³-hybridized carbons (Fsp3) is 0.333. The zero-order chi connectivity index (χ0) is 20.1. The minimum atomic E-state index is -3.74.